The summed E-state index contributed by atoms with van der Waals surface area (Å²) < 4.78 is 26.5. The van der Waals surface area contributed by atoms with Gasteiger partial charge < -0.3 is 11.1 Å². The molecule has 0 bridgehead atoms. The number of carbonyl (C=O) groups is 1. The van der Waals surface area contributed by atoms with Crippen molar-refractivity contribution >= 4 is 49.3 Å². The molecular formula is C15H16BrClN4O3S. The van der Waals surface area contributed by atoms with E-state index in [4.69, 9.17) is 17.3 Å². The van der Waals surface area contributed by atoms with Crippen LogP contribution < -0.4 is 11.1 Å². The topological polar surface area (TPSA) is 105 Å². The number of carbonyl (C=O) groups excluding carboxylic acids is 1. The molecule has 10 heteroatoms. The number of rotatable bonds is 6. The zero-order chi connectivity index (χ0) is 18.6. The number of nitrogens with one attached hydrogen (secondary N) is 1. The Morgan fingerprint density at radius 2 is 2.00 bits per heavy atom. The van der Waals surface area contributed by atoms with E-state index >= 15 is 0 Å². The minimum Gasteiger partial charge on any atom is -0.383 e. The molecule has 1 aromatic carbocycles. The fourth-order valence-corrected chi connectivity index (χ4v) is 3.78. The number of nitrogens with zero attached hydrogens (tertiary/aromatic N) is 2. The van der Waals surface area contributed by atoms with Gasteiger partial charge in [0.05, 0.1) is 6.54 Å². The van der Waals surface area contributed by atoms with Crippen LogP contribution in [0.2, 0.25) is 5.02 Å². The molecule has 0 atom stereocenters. The molecule has 3 N–H and O–H groups in total. The molecule has 1 aromatic heterocycles. The summed E-state index contributed by atoms with van der Waals surface area (Å²) in [5, 5.41) is 3.25. The van der Waals surface area contributed by atoms with Gasteiger partial charge in [0.25, 0.3) is 0 Å². The number of nitrogen functional groups attached to an aromatic ring is 1. The van der Waals surface area contributed by atoms with Gasteiger partial charge in [-0.3, -0.25) is 4.79 Å². The Kier molecular flexibility index (Phi) is 6.39. The number of nitrogens with two attached hydrogens (primary N) is 1. The summed E-state index contributed by atoms with van der Waals surface area (Å²) in [5.74, 6) is -0.570. The van der Waals surface area contributed by atoms with E-state index in [0.717, 1.165) is 9.87 Å². The molecule has 0 aliphatic carbocycles. The summed E-state index contributed by atoms with van der Waals surface area (Å²) in [4.78, 5) is 15.7. The zero-order valence-corrected chi connectivity index (χ0v) is 16.4. The van der Waals surface area contributed by atoms with E-state index in [-0.39, 0.29) is 23.8 Å². The Morgan fingerprint density at radius 3 is 2.64 bits per heavy atom. The number of anilines is 1. The fourth-order valence-electron chi connectivity index (χ4n) is 1.95. The molecule has 0 spiro atoms. The number of amides is 1. The summed E-state index contributed by atoms with van der Waals surface area (Å²) in [6, 6.07) is 8.32. The van der Waals surface area contributed by atoms with E-state index in [1.54, 1.807) is 24.3 Å². The lowest BCUT2D eigenvalue weighted by Crippen LogP contribution is -2.38. The number of hydrogen-bond acceptors (Lipinski definition) is 5. The molecule has 0 fully saturated rings. The van der Waals surface area contributed by atoms with Crippen molar-refractivity contribution in [1.82, 2.24) is 14.6 Å². The number of hydrogen-bond donors (Lipinski definition) is 2. The molecular weight excluding hydrogens is 432 g/mol. The maximum absolute atomic E-state index is 12.5. The van der Waals surface area contributed by atoms with E-state index < -0.39 is 15.9 Å². The van der Waals surface area contributed by atoms with E-state index in [2.05, 4.69) is 26.2 Å². The van der Waals surface area contributed by atoms with Crippen molar-refractivity contribution in [3.63, 3.8) is 0 Å². The maximum Gasteiger partial charge on any atom is 0.246 e. The van der Waals surface area contributed by atoms with Crippen LogP contribution in [0.15, 0.2) is 45.9 Å². The highest BCUT2D eigenvalue weighted by Crippen LogP contribution is 2.23. The van der Waals surface area contributed by atoms with Crippen LogP contribution in [-0.4, -0.2) is 37.2 Å². The van der Waals surface area contributed by atoms with Crippen LogP contribution >= 0.6 is 27.5 Å². The van der Waals surface area contributed by atoms with Gasteiger partial charge in [0.2, 0.25) is 15.9 Å². The number of benzene rings is 1. The maximum atomic E-state index is 12.5. The smallest absolute Gasteiger partial charge is 0.246 e. The van der Waals surface area contributed by atoms with Gasteiger partial charge in [0.1, 0.15) is 10.7 Å². The molecule has 0 aliphatic heterocycles. The quantitative estimate of drug-likeness (QED) is 0.705. The third kappa shape index (κ3) is 5.15. The summed E-state index contributed by atoms with van der Waals surface area (Å²) in [7, 11) is -2.64. The summed E-state index contributed by atoms with van der Waals surface area (Å²) >= 11 is 8.95. The second kappa shape index (κ2) is 8.13. The van der Waals surface area contributed by atoms with Gasteiger partial charge in [0, 0.05) is 29.3 Å². The first-order valence-corrected chi connectivity index (χ1v) is 9.70. The first-order chi connectivity index (χ1) is 11.7. The highest BCUT2D eigenvalue weighted by Gasteiger charge is 2.26. The second-order valence-electron chi connectivity index (χ2n) is 5.20. The number of sulfonamides is 1. The molecule has 25 heavy (non-hydrogen) atoms. The minimum atomic E-state index is -3.94. The molecule has 0 radical (unpaired) electrons. The van der Waals surface area contributed by atoms with Crippen LogP contribution in [0.1, 0.15) is 5.56 Å². The van der Waals surface area contributed by atoms with Crippen LogP contribution in [0.25, 0.3) is 0 Å². The van der Waals surface area contributed by atoms with Crippen LogP contribution in [0.5, 0.6) is 0 Å². The first-order valence-electron chi connectivity index (χ1n) is 7.08. The average molecular weight is 448 g/mol. The SMILES string of the molecule is CN(CC(=O)NCc1ccc(Cl)cc1)S(=O)(=O)c1cc(Br)cnc1N. The average Bonchev–Trinajstić information content (AvgIpc) is 2.56. The Hall–Kier alpha value is -1.68. The second-order valence-corrected chi connectivity index (χ2v) is 8.57. The lowest BCUT2D eigenvalue weighted by atomic mass is 10.2. The summed E-state index contributed by atoms with van der Waals surface area (Å²) in [6.07, 6.45) is 1.40. The molecule has 134 valence electrons. The van der Waals surface area contributed by atoms with Gasteiger partial charge >= 0.3 is 0 Å². The third-order valence-corrected chi connectivity index (χ3v) is 5.82. The predicted molar refractivity (Wildman–Crippen MR) is 99.5 cm³/mol. The van der Waals surface area contributed by atoms with Crippen molar-refractivity contribution in [2.75, 3.05) is 19.3 Å². The van der Waals surface area contributed by atoms with E-state index in [1.807, 2.05) is 0 Å². The largest absolute Gasteiger partial charge is 0.383 e. The Morgan fingerprint density at radius 1 is 1.36 bits per heavy atom. The molecule has 1 heterocycles. The molecule has 1 amide bonds. The highest BCUT2D eigenvalue weighted by atomic mass is 79.9. The zero-order valence-electron chi connectivity index (χ0n) is 13.2. The summed E-state index contributed by atoms with van der Waals surface area (Å²) in [5.41, 5.74) is 6.49. The van der Waals surface area contributed by atoms with Crippen molar-refractivity contribution in [3.8, 4) is 0 Å². The molecule has 2 aromatic rings. The molecule has 7 nitrogen and oxygen atoms in total. The van der Waals surface area contributed by atoms with Crippen molar-refractivity contribution in [2.24, 2.45) is 0 Å². The number of pyridine rings is 1. The Balaban J connectivity index is 2.02. The monoisotopic (exact) mass is 446 g/mol. The van der Waals surface area contributed by atoms with Crippen molar-refractivity contribution in [1.29, 1.82) is 0 Å². The highest BCUT2D eigenvalue weighted by molar-refractivity contribution is 9.10. The number of aromatic nitrogens is 1. The number of halogens is 2. The van der Waals surface area contributed by atoms with Crippen LogP contribution in [-0.2, 0) is 21.4 Å². The lowest BCUT2D eigenvalue weighted by molar-refractivity contribution is -0.121. The van der Waals surface area contributed by atoms with Gasteiger partial charge in [-0.1, -0.05) is 23.7 Å². The number of likely N-dealkylation sites (N-methyl/N-ethyl adjacent to an activating group) is 1. The van der Waals surface area contributed by atoms with Gasteiger partial charge in [-0.2, -0.15) is 4.31 Å². The minimum absolute atomic E-state index is 0.128. The normalized spacial score (nSPS) is 11.5. The van der Waals surface area contributed by atoms with Crippen LogP contribution in [0.4, 0.5) is 5.82 Å². The summed E-state index contributed by atoms with van der Waals surface area (Å²) in [6.45, 7) is -0.0770. The molecule has 2 rings (SSSR count). The first kappa shape index (κ1) is 19.6. The Bertz CT molecular complexity index is 875. The molecule has 0 saturated carbocycles. The van der Waals surface area contributed by atoms with Crippen LogP contribution in [0, 0.1) is 0 Å². The van der Waals surface area contributed by atoms with Gasteiger partial charge in [-0.05, 0) is 39.7 Å². The van der Waals surface area contributed by atoms with Crippen molar-refractivity contribution < 1.29 is 13.2 Å². The molecule has 0 aliphatic rings. The van der Waals surface area contributed by atoms with Crippen molar-refractivity contribution in [3.05, 3.63) is 51.6 Å². The third-order valence-electron chi connectivity index (χ3n) is 3.31. The lowest BCUT2D eigenvalue weighted by Gasteiger charge is -2.17. The standard InChI is InChI=1S/C15H16BrClN4O3S/c1-21(25(23,24)13-6-11(16)8-20-15(13)18)9-14(22)19-7-10-2-4-12(17)5-3-10/h2-6,8H,7,9H2,1H3,(H2,18,20)(H,19,22). The van der Waals surface area contributed by atoms with Gasteiger partial charge in [-0.15, -0.1) is 0 Å². The van der Waals surface area contributed by atoms with Gasteiger partial charge in [-0.25, -0.2) is 13.4 Å². The van der Waals surface area contributed by atoms with Gasteiger partial charge in [0.15, 0.2) is 0 Å². The van der Waals surface area contributed by atoms with Crippen LogP contribution in [0.3, 0.4) is 0 Å². The Labute approximate surface area is 159 Å². The molecule has 0 unspecified atom stereocenters. The van der Waals surface area contributed by atoms with E-state index in [0.29, 0.717) is 9.50 Å². The van der Waals surface area contributed by atoms with E-state index in [1.165, 1.54) is 19.3 Å². The van der Waals surface area contributed by atoms with Crippen molar-refractivity contribution in [2.45, 2.75) is 11.4 Å². The fraction of sp³-hybridized carbons (Fsp3) is 0.200. The van der Waals surface area contributed by atoms with E-state index in [9.17, 15) is 13.2 Å². The predicted octanol–water partition coefficient (Wildman–Crippen LogP) is 2.02. The molecule has 0 saturated heterocycles.